The lowest BCUT2D eigenvalue weighted by Gasteiger charge is -2.38. The van der Waals surface area contributed by atoms with Crippen molar-refractivity contribution in [1.29, 1.82) is 0 Å². The molecule has 134 valence electrons. The highest BCUT2D eigenvalue weighted by Crippen LogP contribution is 2.17. The van der Waals surface area contributed by atoms with Gasteiger partial charge in [-0.25, -0.2) is 0 Å². The topological polar surface area (TPSA) is 73.3 Å². The van der Waals surface area contributed by atoms with Crippen molar-refractivity contribution in [2.45, 2.75) is 6.10 Å². The number of hydrogen-bond donors (Lipinski definition) is 1. The van der Waals surface area contributed by atoms with Crippen molar-refractivity contribution in [3.8, 4) is 0 Å². The van der Waals surface area contributed by atoms with Gasteiger partial charge >= 0.3 is 0 Å². The molecule has 0 bridgehead atoms. The Morgan fingerprint density at radius 3 is 2.17 bits per heavy atom. The van der Waals surface area contributed by atoms with E-state index in [4.69, 9.17) is 4.74 Å². The number of β-amino-alcohol motifs (C(OH)–C–C–N with tert-alkyl or cyclic N) is 1. The minimum Gasteiger partial charge on any atom is -0.387 e. The fourth-order valence-corrected chi connectivity index (χ4v) is 4.67. The van der Waals surface area contributed by atoms with Gasteiger partial charge in [0.2, 0.25) is 0 Å². The second-order valence-electron chi connectivity index (χ2n) is 6.15. The normalized spacial score (nSPS) is 23.2. The van der Waals surface area contributed by atoms with Crippen LogP contribution in [-0.4, -0.2) is 86.1 Å². The van der Waals surface area contributed by atoms with Crippen molar-refractivity contribution in [3.05, 3.63) is 35.9 Å². The number of aliphatic hydroxyl groups is 1. The molecule has 0 radical (unpaired) electrons. The average molecular weight is 355 g/mol. The van der Waals surface area contributed by atoms with Gasteiger partial charge in [-0.2, -0.15) is 17.0 Å². The molecule has 2 heterocycles. The summed E-state index contributed by atoms with van der Waals surface area (Å²) in [7, 11) is -3.39. The van der Waals surface area contributed by atoms with Crippen LogP contribution in [0.1, 0.15) is 11.7 Å². The van der Waals surface area contributed by atoms with Crippen LogP contribution < -0.4 is 0 Å². The largest absolute Gasteiger partial charge is 0.387 e. The van der Waals surface area contributed by atoms with E-state index in [0.717, 1.165) is 5.56 Å². The zero-order valence-corrected chi connectivity index (χ0v) is 14.6. The molecule has 0 unspecified atom stereocenters. The van der Waals surface area contributed by atoms with E-state index in [-0.39, 0.29) is 0 Å². The quantitative estimate of drug-likeness (QED) is 0.799. The molecule has 2 saturated heterocycles. The third kappa shape index (κ3) is 4.14. The Hall–Kier alpha value is -1.03. The molecule has 1 aromatic carbocycles. The number of hydrogen-bond acceptors (Lipinski definition) is 5. The molecule has 1 N–H and O–H groups in total. The smallest absolute Gasteiger partial charge is 0.282 e. The molecule has 2 aliphatic heterocycles. The summed E-state index contributed by atoms with van der Waals surface area (Å²) in [5.74, 6) is 0. The molecular weight excluding hydrogens is 330 g/mol. The zero-order chi connectivity index (χ0) is 17.0. The molecule has 0 saturated carbocycles. The Balaban J connectivity index is 1.52. The third-order valence-electron chi connectivity index (χ3n) is 4.57. The second kappa shape index (κ2) is 7.90. The van der Waals surface area contributed by atoms with E-state index < -0.39 is 16.3 Å². The fraction of sp³-hybridized carbons (Fsp3) is 0.625. The van der Waals surface area contributed by atoms with Crippen LogP contribution in [0.3, 0.4) is 0 Å². The lowest BCUT2D eigenvalue weighted by molar-refractivity contribution is 0.0655. The lowest BCUT2D eigenvalue weighted by Crippen LogP contribution is -2.55. The van der Waals surface area contributed by atoms with Crippen LogP contribution in [0.2, 0.25) is 0 Å². The van der Waals surface area contributed by atoms with Crippen molar-refractivity contribution in [2.24, 2.45) is 0 Å². The molecule has 0 spiro atoms. The number of rotatable bonds is 5. The van der Waals surface area contributed by atoms with Crippen molar-refractivity contribution < 1.29 is 18.3 Å². The fourth-order valence-electron chi connectivity index (χ4n) is 3.11. The minimum absolute atomic E-state index is 0.426. The molecule has 1 aromatic rings. The van der Waals surface area contributed by atoms with Gasteiger partial charge in [-0.15, -0.1) is 0 Å². The molecule has 2 aliphatic rings. The van der Waals surface area contributed by atoms with Crippen molar-refractivity contribution in [3.63, 3.8) is 0 Å². The van der Waals surface area contributed by atoms with E-state index in [1.165, 1.54) is 4.31 Å². The molecule has 0 amide bonds. The Morgan fingerprint density at radius 2 is 1.54 bits per heavy atom. The highest BCUT2D eigenvalue weighted by Gasteiger charge is 2.33. The van der Waals surface area contributed by atoms with Gasteiger partial charge in [0.25, 0.3) is 10.2 Å². The number of morpholine rings is 1. The average Bonchev–Trinajstić information content (AvgIpc) is 2.63. The zero-order valence-electron chi connectivity index (χ0n) is 13.7. The van der Waals surface area contributed by atoms with Gasteiger partial charge in [-0.3, -0.25) is 4.90 Å². The Labute approximate surface area is 143 Å². The maximum Gasteiger partial charge on any atom is 0.282 e. The first-order valence-corrected chi connectivity index (χ1v) is 9.75. The predicted molar refractivity (Wildman–Crippen MR) is 90.7 cm³/mol. The van der Waals surface area contributed by atoms with E-state index in [2.05, 4.69) is 4.90 Å². The van der Waals surface area contributed by atoms with Crippen LogP contribution in [0, 0.1) is 0 Å². The predicted octanol–water partition coefficient (Wildman–Crippen LogP) is -0.0854. The minimum atomic E-state index is -3.39. The first kappa shape index (κ1) is 17.8. The van der Waals surface area contributed by atoms with Crippen molar-refractivity contribution >= 4 is 10.2 Å². The molecule has 1 atom stereocenters. The Morgan fingerprint density at radius 1 is 0.958 bits per heavy atom. The summed E-state index contributed by atoms with van der Waals surface area (Å²) in [5.41, 5.74) is 0.890. The molecule has 7 nitrogen and oxygen atoms in total. The Bertz CT molecular complexity index is 611. The van der Waals surface area contributed by atoms with Gasteiger partial charge in [-0.1, -0.05) is 30.3 Å². The number of nitrogens with zero attached hydrogens (tertiary/aromatic N) is 3. The van der Waals surface area contributed by atoms with E-state index in [1.807, 2.05) is 30.3 Å². The number of ether oxygens (including phenoxy) is 1. The van der Waals surface area contributed by atoms with E-state index in [0.29, 0.717) is 59.0 Å². The van der Waals surface area contributed by atoms with Crippen LogP contribution >= 0.6 is 0 Å². The SMILES string of the molecule is O=S(=O)(N1CCOCC1)N1CCN(C[C@H](O)c2ccccc2)CC1. The van der Waals surface area contributed by atoms with Gasteiger partial charge < -0.3 is 9.84 Å². The summed E-state index contributed by atoms with van der Waals surface area (Å²) in [4.78, 5) is 2.11. The summed E-state index contributed by atoms with van der Waals surface area (Å²) in [6, 6.07) is 9.55. The van der Waals surface area contributed by atoms with Crippen LogP contribution in [-0.2, 0) is 14.9 Å². The van der Waals surface area contributed by atoms with Gasteiger partial charge in [0.1, 0.15) is 0 Å². The summed E-state index contributed by atoms with van der Waals surface area (Å²) < 4.78 is 33.5. The summed E-state index contributed by atoms with van der Waals surface area (Å²) in [5, 5.41) is 10.3. The maximum absolute atomic E-state index is 12.6. The van der Waals surface area contributed by atoms with Gasteiger partial charge in [-0.05, 0) is 5.56 Å². The van der Waals surface area contributed by atoms with Crippen molar-refractivity contribution in [2.75, 3.05) is 59.0 Å². The molecule has 2 fully saturated rings. The monoisotopic (exact) mass is 355 g/mol. The van der Waals surface area contributed by atoms with Gasteiger partial charge in [0, 0.05) is 45.8 Å². The highest BCUT2D eigenvalue weighted by atomic mass is 32.2. The highest BCUT2D eigenvalue weighted by molar-refractivity contribution is 7.86. The summed E-state index contributed by atoms with van der Waals surface area (Å²) in [6.07, 6.45) is -0.548. The molecule has 0 aromatic heterocycles. The van der Waals surface area contributed by atoms with Crippen LogP contribution in [0.5, 0.6) is 0 Å². The molecule has 0 aliphatic carbocycles. The van der Waals surface area contributed by atoms with Crippen LogP contribution in [0.4, 0.5) is 0 Å². The first-order chi connectivity index (χ1) is 11.6. The standard InChI is InChI=1S/C16H25N3O4S/c20-16(15-4-2-1-3-5-15)14-17-6-8-18(9-7-17)24(21,22)19-10-12-23-13-11-19/h1-5,16,20H,6-14H2/t16-/m0/s1. The number of aliphatic hydroxyl groups excluding tert-OH is 1. The third-order valence-corrected chi connectivity index (χ3v) is 6.60. The number of piperazine rings is 1. The first-order valence-electron chi connectivity index (χ1n) is 8.36. The van der Waals surface area contributed by atoms with Gasteiger partial charge in [0.15, 0.2) is 0 Å². The Kier molecular flexibility index (Phi) is 5.85. The van der Waals surface area contributed by atoms with Crippen molar-refractivity contribution in [1.82, 2.24) is 13.5 Å². The van der Waals surface area contributed by atoms with Crippen LogP contribution in [0.25, 0.3) is 0 Å². The van der Waals surface area contributed by atoms with Crippen LogP contribution in [0.15, 0.2) is 30.3 Å². The molecule has 8 heteroatoms. The maximum atomic E-state index is 12.6. The summed E-state index contributed by atoms with van der Waals surface area (Å²) in [6.45, 7) is 4.48. The second-order valence-corrected chi connectivity index (χ2v) is 8.07. The number of benzene rings is 1. The van der Waals surface area contributed by atoms with E-state index >= 15 is 0 Å². The van der Waals surface area contributed by atoms with E-state index in [1.54, 1.807) is 4.31 Å². The molecular formula is C16H25N3O4S. The summed E-state index contributed by atoms with van der Waals surface area (Å²) >= 11 is 0. The molecule has 3 rings (SSSR count). The lowest BCUT2D eigenvalue weighted by atomic mass is 10.1. The van der Waals surface area contributed by atoms with E-state index in [9.17, 15) is 13.5 Å². The molecule has 24 heavy (non-hydrogen) atoms. The van der Waals surface area contributed by atoms with Gasteiger partial charge in [0.05, 0.1) is 19.3 Å².